The molecule has 0 bridgehead atoms. The molecule has 110 valence electrons. The van der Waals surface area contributed by atoms with Crippen molar-refractivity contribution in [1.29, 1.82) is 0 Å². The molecule has 0 spiro atoms. The maximum atomic E-state index is 12.5. The van der Waals surface area contributed by atoms with Gasteiger partial charge >= 0.3 is 6.18 Å². The molecule has 0 amide bonds. The van der Waals surface area contributed by atoms with Crippen molar-refractivity contribution in [2.24, 2.45) is 0 Å². The molecule has 0 fully saturated rings. The Hall–Kier alpha value is -2.21. The predicted molar refractivity (Wildman–Crippen MR) is 70.0 cm³/mol. The molecule has 2 aromatic rings. The van der Waals surface area contributed by atoms with Crippen molar-refractivity contribution in [1.82, 2.24) is 0 Å². The average molecular weight is 317 g/mol. The van der Waals surface area contributed by atoms with Gasteiger partial charge in [0.05, 0.1) is 16.1 Å². The van der Waals surface area contributed by atoms with Crippen LogP contribution in [0.3, 0.4) is 0 Å². The second-order valence-electron chi connectivity index (χ2n) is 4.08. The molecule has 1 N–H and O–H groups in total. The van der Waals surface area contributed by atoms with Gasteiger partial charge in [0.15, 0.2) is 6.29 Å². The van der Waals surface area contributed by atoms with E-state index in [0.29, 0.717) is 6.29 Å². The van der Waals surface area contributed by atoms with Crippen molar-refractivity contribution >= 4 is 17.9 Å². The van der Waals surface area contributed by atoms with Crippen LogP contribution in [0.15, 0.2) is 36.4 Å². The van der Waals surface area contributed by atoms with E-state index in [0.717, 1.165) is 24.3 Å². The van der Waals surface area contributed by atoms with E-state index in [4.69, 9.17) is 16.3 Å². The first-order chi connectivity index (χ1) is 9.81. The summed E-state index contributed by atoms with van der Waals surface area (Å²) in [6.07, 6.45) is -4.03. The lowest BCUT2D eigenvalue weighted by atomic mass is 10.2. The van der Waals surface area contributed by atoms with Gasteiger partial charge in [0.25, 0.3) is 0 Å². The highest BCUT2D eigenvalue weighted by atomic mass is 35.5. The van der Waals surface area contributed by atoms with Crippen molar-refractivity contribution in [2.45, 2.75) is 6.18 Å². The second kappa shape index (κ2) is 5.65. The molecular formula is C14H8ClF3O3. The molecule has 0 saturated heterocycles. The molecule has 3 nitrogen and oxygen atoms in total. The van der Waals surface area contributed by atoms with Crippen LogP contribution in [0.25, 0.3) is 0 Å². The Balaban J connectivity index is 2.28. The van der Waals surface area contributed by atoms with Crippen LogP contribution in [0.2, 0.25) is 5.02 Å². The second-order valence-corrected chi connectivity index (χ2v) is 4.49. The first-order valence-electron chi connectivity index (χ1n) is 5.64. The number of aldehydes is 1. The topological polar surface area (TPSA) is 46.5 Å². The standard InChI is InChI=1S/C14H8ClF3O3/c15-11-5-9(14(16,17)18)2-4-13(11)21-10-3-1-8(7-19)12(20)6-10/h1-7,20H. The molecule has 0 aliphatic carbocycles. The Kier molecular flexibility index (Phi) is 4.09. The van der Waals surface area contributed by atoms with Crippen LogP contribution in [0, 0.1) is 0 Å². The SMILES string of the molecule is O=Cc1ccc(Oc2ccc(C(F)(F)F)cc2Cl)cc1O. The number of benzene rings is 2. The Bertz CT molecular complexity index is 684. The van der Waals surface area contributed by atoms with Gasteiger partial charge in [-0.25, -0.2) is 0 Å². The minimum atomic E-state index is -4.49. The van der Waals surface area contributed by atoms with Gasteiger partial charge in [-0.15, -0.1) is 0 Å². The summed E-state index contributed by atoms with van der Waals surface area (Å²) in [6.45, 7) is 0. The van der Waals surface area contributed by atoms with Crippen molar-refractivity contribution in [3.05, 3.63) is 52.5 Å². The smallest absolute Gasteiger partial charge is 0.416 e. The Morgan fingerprint density at radius 2 is 1.86 bits per heavy atom. The molecule has 0 saturated carbocycles. The average Bonchev–Trinajstić information content (AvgIpc) is 2.40. The molecule has 21 heavy (non-hydrogen) atoms. The molecule has 0 unspecified atom stereocenters. The minimum absolute atomic E-state index is 0.00270. The van der Waals surface area contributed by atoms with E-state index in [1.165, 1.54) is 12.1 Å². The maximum absolute atomic E-state index is 12.5. The van der Waals surface area contributed by atoms with Gasteiger partial charge in [0.2, 0.25) is 0 Å². The number of hydrogen-bond acceptors (Lipinski definition) is 3. The van der Waals surface area contributed by atoms with Crippen LogP contribution in [-0.4, -0.2) is 11.4 Å². The lowest BCUT2D eigenvalue weighted by molar-refractivity contribution is -0.137. The van der Waals surface area contributed by atoms with Gasteiger partial charge in [-0.2, -0.15) is 13.2 Å². The van der Waals surface area contributed by atoms with Crippen molar-refractivity contribution < 1.29 is 27.8 Å². The van der Waals surface area contributed by atoms with Crippen LogP contribution in [0.5, 0.6) is 17.2 Å². The molecular weight excluding hydrogens is 309 g/mol. The summed E-state index contributed by atoms with van der Waals surface area (Å²) in [6, 6.07) is 6.53. The number of phenolic OH excluding ortho intramolecular Hbond substituents is 1. The zero-order valence-corrected chi connectivity index (χ0v) is 11.1. The van der Waals surface area contributed by atoms with Gasteiger partial charge < -0.3 is 9.84 Å². The van der Waals surface area contributed by atoms with Gasteiger partial charge in [-0.3, -0.25) is 4.79 Å². The molecule has 0 atom stereocenters. The first-order valence-corrected chi connectivity index (χ1v) is 6.02. The lowest BCUT2D eigenvalue weighted by Crippen LogP contribution is -2.04. The number of phenols is 1. The number of carbonyl (C=O) groups is 1. The van der Waals surface area contributed by atoms with Crippen LogP contribution >= 0.6 is 11.6 Å². The van der Waals surface area contributed by atoms with Gasteiger partial charge in [0, 0.05) is 6.07 Å². The van der Waals surface area contributed by atoms with E-state index in [9.17, 15) is 23.1 Å². The van der Waals surface area contributed by atoms with E-state index in [-0.39, 0.29) is 27.8 Å². The van der Waals surface area contributed by atoms with E-state index in [1.54, 1.807) is 0 Å². The summed E-state index contributed by atoms with van der Waals surface area (Å²) >= 11 is 5.74. The largest absolute Gasteiger partial charge is 0.507 e. The fourth-order valence-corrected chi connectivity index (χ4v) is 1.79. The molecule has 0 aliphatic heterocycles. The highest BCUT2D eigenvalue weighted by Gasteiger charge is 2.31. The number of carbonyl (C=O) groups excluding carboxylic acids is 1. The summed E-state index contributed by atoms with van der Waals surface area (Å²) in [7, 11) is 0. The number of ether oxygens (including phenoxy) is 1. The molecule has 7 heteroatoms. The summed E-state index contributed by atoms with van der Waals surface area (Å²) in [5.41, 5.74) is -0.820. The van der Waals surface area contributed by atoms with Crippen LogP contribution < -0.4 is 4.74 Å². The highest BCUT2D eigenvalue weighted by Crippen LogP contribution is 2.37. The number of hydrogen-bond donors (Lipinski definition) is 1. The third-order valence-corrected chi connectivity index (χ3v) is 2.91. The number of alkyl halides is 3. The van der Waals surface area contributed by atoms with E-state index >= 15 is 0 Å². The summed E-state index contributed by atoms with van der Waals surface area (Å²) < 4.78 is 42.8. The number of halogens is 4. The maximum Gasteiger partial charge on any atom is 0.416 e. The zero-order valence-electron chi connectivity index (χ0n) is 10.3. The monoisotopic (exact) mass is 316 g/mol. The zero-order chi connectivity index (χ0) is 15.6. The van der Waals surface area contributed by atoms with E-state index in [2.05, 4.69) is 0 Å². The molecule has 2 aromatic carbocycles. The third kappa shape index (κ3) is 3.46. The summed E-state index contributed by atoms with van der Waals surface area (Å²) in [4.78, 5) is 10.6. The summed E-state index contributed by atoms with van der Waals surface area (Å²) in [5.74, 6) is -0.159. The molecule has 0 radical (unpaired) electrons. The van der Waals surface area contributed by atoms with E-state index < -0.39 is 11.7 Å². The van der Waals surface area contributed by atoms with E-state index in [1.807, 2.05) is 0 Å². The quantitative estimate of drug-likeness (QED) is 0.837. The van der Waals surface area contributed by atoms with Crippen LogP contribution in [0.1, 0.15) is 15.9 Å². The first kappa shape index (κ1) is 15.2. The normalized spacial score (nSPS) is 11.2. The summed E-state index contributed by atoms with van der Waals surface area (Å²) in [5, 5.41) is 9.28. The predicted octanol–water partition coefficient (Wildman–Crippen LogP) is 4.67. The minimum Gasteiger partial charge on any atom is -0.507 e. The van der Waals surface area contributed by atoms with Gasteiger partial charge in [0.1, 0.15) is 17.2 Å². The molecule has 0 aliphatic rings. The Morgan fingerprint density at radius 3 is 2.38 bits per heavy atom. The highest BCUT2D eigenvalue weighted by molar-refractivity contribution is 6.32. The molecule has 0 heterocycles. The number of aromatic hydroxyl groups is 1. The van der Waals surface area contributed by atoms with Crippen LogP contribution in [-0.2, 0) is 6.18 Å². The van der Waals surface area contributed by atoms with Crippen molar-refractivity contribution in [3.8, 4) is 17.2 Å². The fourth-order valence-electron chi connectivity index (χ4n) is 1.57. The third-order valence-electron chi connectivity index (χ3n) is 2.62. The molecule has 2 rings (SSSR count). The Labute approximate surface area is 122 Å². The van der Waals surface area contributed by atoms with Crippen molar-refractivity contribution in [2.75, 3.05) is 0 Å². The molecule has 0 aromatic heterocycles. The lowest BCUT2D eigenvalue weighted by Gasteiger charge is -2.11. The number of rotatable bonds is 3. The van der Waals surface area contributed by atoms with Gasteiger partial charge in [-0.05, 0) is 30.3 Å². The Morgan fingerprint density at radius 1 is 1.14 bits per heavy atom. The van der Waals surface area contributed by atoms with Crippen molar-refractivity contribution in [3.63, 3.8) is 0 Å². The van der Waals surface area contributed by atoms with Gasteiger partial charge in [-0.1, -0.05) is 11.6 Å². The fraction of sp³-hybridized carbons (Fsp3) is 0.0714. The van der Waals surface area contributed by atoms with Crippen LogP contribution in [0.4, 0.5) is 13.2 Å².